The Bertz CT molecular complexity index is 223. The molecule has 0 aromatic rings. The molecule has 0 saturated heterocycles. The highest BCUT2D eigenvalue weighted by Crippen LogP contribution is 2.31. The molecular weight excluding hydrogens is 236 g/mol. The van der Waals surface area contributed by atoms with Crippen LogP contribution in [-0.4, -0.2) is 43.8 Å². The second-order valence-corrected chi connectivity index (χ2v) is 5.98. The summed E-state index contributed by atoms with van der Waals surface area (Å²) < 4.78 is 5.47. The first-order chi connectivity index (χ1) is 9.21. The van der Waals surface area contributed by atoms with Gasteiger partial charge in [-0.05, 0) is 44.6 Å². The molecule has 0 aromatic carbocycles. The van der Waals surface area contributed by atoms with Gasteiger partial charge in [-0.25, -0.2) is 0 Å². The Morgan fingerprint density at radius 2 is 2.00 bits per heavy atom. The standard InChI is InChI=1S/C16H34N2O/c1-4-7-14-8-9-16(17)15(12-14)13-18(5-2)10-11-19-6-3/h14-16H,4-13,17H2,1-3H3. The van der Waals surface area contributed by atoms with E-state index in [-0.39, 0.29) is 0 Å². The van der Waals surface area contributed by atoms with Crippen molar-refractivity contribution in [3.05, 3.63) is 0 Å². The molecule has 3 unspecified atom stereocenters. The minimum Gasteiger partial charge on any atom is -0.380 e. The highest BCUT2D eigenvalue weighted by molar-refractivity contribution is 4.84. The largest absolute Gasteiger partial charge is 0.380 e. The number of hydrogen-bond acceptors (Lipinski definition) is 3. The highest BCUT2D eigenvalue weighted by Gasteiger charge is 2.28. The number of likely N-dealkylation sites (N-methyl/N-ethyl adjacent to an activating group) is 1. The SMILES string of the molecule is CCCC1CCC(N)C(CN(CC)CCOCC)C1. The molecule has 1 saturated carbocycles. The summed E-state index contributed by atoms with van der Waals surface area (Å²) in [5.74, 6) is 1.60. The van der Waals surface area contributed by atoms with Crippen LogP contribution in [0.5, 0.6) is 0 Å². The smallest absolute Gasteiger partial charge is 0.0593 e. The maximum Gasteiger partial charge on any atom is 0.0593 e. The lowest BCUT2D eigenvalue weighted by atomic mass is 9.76. The van der Waals surface area contributed by atoms with E-state index in [1.165, 1.54) is 32.1 Å². The molecule has 0 spiro atoms. The number of rotatable bonds is 9. The molecule has 3 nitrogen and oxygen atoms in total. The van der Waals surface area contributed by atoms with Gasteiger partial charge in [0.1, 0.15) is 0 Å². The van der Waals surface area contributed by atoms with Crippen LogP contribution in [0.1, 0.15) is 52.9 Å². The molecule has 1 fully saturated rings. The molecule has 3 atom stereocenters. The third-order valence-electron chi connectivity index (χ3n) is 4.54. The molecule has 1 rings (SSSR count). The van der Waals surface area contributed by atoms with Crippen molar-refractivity contribution in [1.29, 1.82) is 0 Å². The van der Waals surface area contributed by atoms with Crippen molar-refractivity contribution in [3.63, 3.8) is 0 Å². The van der Waals surface area contributed by atoms with Gasteiger partial charge in [-0.2, -0.15) is 0 Å². The summed E-state index contributed by atoms with van der Waals surface area (Å²) >= 11 is 0. The van der Waals surface area contributed by atoms with E-state index in [4.69, 9.17) is 10.5 Å². The van der Waals surface area contributed by atoms with Gasteiger partial charge in [0, 0.05) is 25.7 Å². The molecule has 0 aliphatic heterocycles. The first-order valence-corrected chi connectivity index (χ1v) is 8.26. The fourth-order valence-corrected chi connectivity index (χ4v) is 3.31. The Morgan fingerprint density at radius 3 is 2.63 bits per heavy atom. The average molecular weight is 270 g/mol. The van der Waals surface area contributed by atoms with Gasteiger partial charge < -0.3 is 15.4 Å². The Labute approximate surface area is 119 Å². The van der Waals surface area contributed by atoms with Crippen LogP contribution in [0.25, 0.3) is 0 Å². The van der Waals surface area contributed by atoms with Crippen LogP contribution < -0.4 is 5.73 Å². The summed E-state index contributed by atoms with van der Waals surface area (Å²) in [6.07, 6.45) is 6.60. The zero-order chi connectivity index (χ0) is 14.1. The van der Waals surface area contributed by atoms with E-state index in [1.807, 2.05) is 0 Å². The van der Waals surface area contributed by atoms with E-state index in [0.29, 0.717) is 12.0 Å². The molecule has 0 heterocycles. The fraction of sp³-hybridized carbons (Fsp3) is 1.00. The molecular formula is C16H34N2O. The summed E-state index contributed by atoms with van der Waals surface area (Å²) in [5.41, 5.74) is 6.34. The number of ether oxygens (including phenoxy) is 1. The molecule has 2 N–H and O–H groups in total. The Balaban J connectivity index is 2.37. The molecule has 1 aliphatic rings. The van der Waals surface area contributed by atoms with Crippen molar-refractivity contribution in [2.45, 2.75) is 58.9 Å². The Kier molecular flexibility index (Phi) is 8.67. The third kappa shape index (κ3) is 6.24. The van der Waals surface area contributed by atoms with Gasteiger partial charge in [-0.1, -0.05) is 26.7 Å². The molecule has 1 aliphatic carbocycles. The van der Waals surface area contributed by atoms with Crippen molar-refractivity contribution in [3.8, 4) is 0 Å². The van der Waals surface area contributed by atoms with Gasteiger partial charge in [0.25, 0.3) is 0 Å². The third-order valence-corrected chi connectivity index (χ3v) is 4.54. The summed E-state index contributed by atoms with van der Waals surface area (Å²) in [4.78, 5) is 2.51. The summed E-state index contributed by atoms with van der Waals surface area (Å²) in [6.45, 7) is 11.6. The number of nitrogens with two attached hydrogens (primary N) is 1. The number of nitrogens with zero attached hydrogens (tertiary/aromatic N) is 1. The minimum atomic E-state index is 0.411. The Morgan fingerprint density at radius 1 is 1.21 bits per heavy atom. The minimum absolute atomic E-state index is 0.411. The van der Waals surface area contributed by atoms with E-state index >= 15 is 0 Å². The van der Waals surface area contributed by atoms with Crippen LogP contribution in [0.2, 0.25) is 0 Å². The summed E-state index contributed by atoms with van der Waals surface area (Å²) in [5, 5.41) is 0. The molecule has 3 heteroatoms. The van der Waals surface area contributed by atoms with Gasteiger partial charge >= 0.3 is 0 Å². The van der Waals surface area contributed by atoms with Crippen LogP contribution in [0.15, 0.2) is 0 Å². The van der Waals surface area contributed by atoms with Gasteiger partial charge in [0.05, 0.1) is 6.61 Å². The van der Waals surface area contributed by atoms with Crippen molar-refractivity contribution in [1.82, 2.24) is 4.90 Å². The lowest BCUT2D eigenvalue weighted by molar-refractivity contribution is 0.0954. The van der Waals surface area contributed by atoms with E-state index < -0.39 is 0 Å². The lowest BCUT2D eigenvalue weighted by Gasteiger charge is -2.37. The zero-order valence-electron chi connectivity index (χ0n) is 13.2. The van der Waals surface area contributed by atoms with Gasteiger partial charge in [0.15, 0.2) is 0 Å². The van der Waals surface area contributed by atoms with Crippen molar-refractivity contribution in [2.24, 2.45) is 17.6 Å². The van der Waals surface area contributed by atoms with Gasteiger partial charge in [-0.15, -0.1) is 0 Å². The quantitative estimate of drug-likeness (QED) is 0.655. The monoisotopic (exact) mass is 270 g/mol. The van der Waals surface area contributed by atoms with Crippen LogP contribution in [0.4, 0.5) is 0 Å². The second-order valence-electron chi connectivity index (χ2n) is 5.98. The van der Waals surface area contributed by atoms with Crippen molar-refractivity contribution in [2.75, 3.05) is 32.8 Å². The van der Waals surface area contributed by atoms with Gasteiger partial charge in [0.2, 0.25) is 0 Å². The van der Waals surface area contributed by atoms with E-state index in [2.05, 4.69) is 25.7 Å². The van der Waals surface area contributed by atoms with E-state index in [9.17, 15) is 0 Å². The highest BCUT2D eigenvalue weighted by atomic mass is 16.5. The van der Waals surface area contributed by atoms with Crippen molar-refractivity contribution >= 4 is 0 Å². The molecule has 114 valence electrons. The normalized spacial score (nSPS) is 27.9. The predicted molar refractivity (Wildman–Crippen MR) is 82.3 cm³/mol. The first kappa shape index (κ1) is 16.9. The molecule has 0 radical (unpaired) electrons. The topological polar surface area (TPSA) is 38.5 Å². The van der Waals surface area contributed by atoms with E-state index in [0.717, 1.165) is 38.8 Å². The molecule has 0 amide bonds. The summed E-state index contributed by atoms with van der Waals surface area (Å²) in [7, 11) is 0. The average Bonchev–Trinajstić information content (AvgIpc) is 2.41. The van der Waals surface area contributed by atoms with Crippen LogP contribution in [0, 0.1) is 11.8 Å². The van der Waals surface area contributed by atoms with Crippen LogP contribution >= 0.6 is 0 Å². The van der Waals surface area contributed by atoms with Gasteiger partial charge in [-0.3, -0.25) is 0 Å². The van der Waals surface area contributed by atoms with Crippen molar-refractivity contribution < 1.29 is 4.74 Å². The predicted octanol–water partition coefficient (Wildman–Crippen LogP) is 2.89. The number of hydrogen-bond donors (Lipinski definition) is 1. The Hall–Kier alpha value is -0.120. The zero-order valence-corrected chi connectivity index (χ0v) is 13.2. The maximum atomic E-state index is 6.34. The molecule has 19 heavy (non-hydrogen) atoms. The van der Waals surface area contributed by atoms with Crippen LogP contribution in [-0.2, 0) is 4.74 Å². The van der Waals surface area contributed by atoms with E-state index in [1.54, 1.807) is 0 Å². The second kappa shape index (κ2) is 9.73. The molecule has 0 bridgehead atoms. The maximum absolute atomic E-state index is 6.34. The first-order valence-electron chi connectivity index (χ1n) is 8.26. The fourth-order valence-electron chi connectivity index (χ4n) is 3.31. The lowest BCUT2D eigenvalue weighted by Crippen LogP contribution is -2.44. The molecule has 0 aromatic heterocycles. The summed E-state index contributed by atoms with van der Waals surface area (Å²) in [6, 6.07) is 0.411. The van der Waals surface area contributed by atoms with Crippen LogP contribution in [0.3, 0.4) is 0 Å².